The van der Waals surface area contributed by atoms with Crippen molar-refractivity contribution in [3.63, 3.8) is 0 Å². The van der Waals surface area contributed by atoms with Gasteiger partial charge < -0.3 is 4.90 Å². The minimum absolute atomic E-state index is 0.0367. The molecule has 126 valence electrons. The van der Waals surface area contributed by atoms with Gasteiger partial charge in [-0.15, -0.1) is 0 Å². The normalized spacial score (nSPS) is 11.6. The summed E-state index contributed by atoms with van der Waals surface area (Å²) in [5, 5.41) is 0. The molecule has 4 heteroatoms. The molecule has 4 nitrogen and oxygen atoms in total. The van der Waals surface area contributed by atoms with E-state index in [2.05, 4.69) is 23.9 Å². The molecule has 0 spiro atoms. The maximum atomic E-state index is 12.4. The van der Waals surface area contributed by atoms with Crippen molar-refractivity contribution in [1.82, 2.24) is 4.90 Å². The van der Waals surface area contributed by atoms with E-state index >= 15 is 0 Å². The van der Waals surface area contributed by atoms with Crippen molar-refractivity contribution in [3.8, 4) is 0 Å². The first-order valence-corrected chi connectivity index (χ1v) is 7.97. The molecular weight excluding hydrogens is 278 g/mol. The van der Waals surface area contributed by atoms with Gasteiger partial charge in [-0.05, 0) is 19.4 Å². The van der Waals surface area contributed by atoms with E-state index < -0.39 is 0 Å². The minimum atomic E-state index is -0.0372. The Balaban J connectivity index is 0.00000211. The third kappa shape index (κ3) is 7.05. The molecule has 0 aliphatic heterocycles. The molecule has 22 heavy (non-hydrogen) atoms. The summed E-state index contributed by atoms with van der Waals surface area (Å²) in [6.45, 7) is 12.8. The zero-order valence-corrected chi connectivity index (χ0v) is 15.1. The summed E-state index contributed by atoms with van der Waals surface area (Å²) >= 11 is 0. The Bertz CT molecular complexity index is 432. The van der Waals surface area contributed by atoms with E-state index in [0.717, 1.165) is 5.56 Å². The maximum Gasteiger partial charge on any atom is 0.225 e. The number of carbonyl (C=O) groups is 1. The van der Waals surface area contributed by atoms with Crippen LogP contribution >= 0.6 is 0 Å². The predicted molar refractivity (Wildman–Crippen MR) is 90.3 cm³/mol. The number of carbonyl (C=O) groups excluding carboxylic acids is 1. The number of benzene rings is 1. The van der Waals surface area contributed by atoms with E-state index in [1.807, 2.05) is 51.7 Å². The van der Waals surface area contributed by atoms with Crippen LogP contribution in [0.15, 0.2) is 24.3 Å². The van der Waals surface area contributed by atoms with Crippen LogP contribution in [0.5, 0.6) is 0 Å². The van der Waals surface area contributed by atoms with Gasteiger partial charge in [0.2, 0.25) is 5.91 Å². The van der Waals surface area contributed by atoms with Crippen molar-refractivity contribution >= 4 is 5.91 Å². The molecule has 0 heterocycles. The summed E-state index contributed by atoms with van der Waals surface area (Å²) in [6, 6.07) is 8.17. The van der Waals surface area contributed by atoms with E-state index in [4.69, 9.17) is 4.89 Å². The second-order valence-electron chi connectivity index (χ2n) is 5.41. The highest BCUT2D eigenvalue weighted by Crippen LogP contribution is 2.14. The fourth-order valence-electron chi connectivity index (χ4n) is 2.05. The van der Waals surface area contributed by atoms with E-state index in [-0.39, 0.29) is 17.9 Å². The standard InChI is InChI=1S/C16H25NO3.C2H6/c1-12(2)16(18)17(14(4)11-20-19-5)10-15-8-6-7-13(3)9-15;1-2/h6-9,12,14H,10-11H2,1-5H3;1-2H3. The lowest BCUT2D eigenvalue weighted by Crippen LogP contribution is -2.42. The molecule has 0 bridgehead atoms. The summed E-state index contributed by atoms with van der Waals surface area (Å²) in [4.78, 5) is 23.8. The van der Waals surface area contributed by atoms with E-state index in [9.17, 15) is 4.79 Å². The Labute approximate surface area is 135 Å². The van der Waals surface area contributed by atoms with Gasteiger partial charge in [-0.3, -0.25) is 4.79 Å². The highest BCUT2D eigenvalue weighted by Gasteiger charge is 2.23. The maximum absolute atomic E-state index is 12.4. The molecule has 0 aliphatic rings. The number of hydrogen-bond donors (Lipinski definition) is 0. The van der Waals surface area contributed by atoms with E-state index in [1.54, 1.807) is 0 Å². The Hall–Kier alpha value is -1.39. The first-order chi connectivity index (χ1) is 10.5. The third-order valence-corrected chi connectivity index (χ3v) is 3.17. The molecule has 0 aliphatic carbocycles. The van der Waals surface area contributed by atoms with Gasteiger partial charge in [0.05, 0.1) is 13.2 Å². The molecule has 0 fully saturated rings. The van der Waals surface area contributed by atoms with Gasteiger partial charge in [-0.1, -0.05) is 57.5 Å². The lowest BCUT2D eigenvalue weighted by Gasteiger charge is -2.30. The van der Waals surface area contributed by atoms with Crippen LogP contribution in [0.2, 0.25) is 0 Å². The molecular formula is C18H31NO3. The van der Waals surface area contributed by atoms with Crippen LogP contribution in [0.25, 0.3) is 0 Å². The number of aryl methyl sites for hydroxylation is 1. The van der Waals surface area contributed by atoms with Crippen LogP contribution < -0.4 is 0 Å². The van der Waals surface area contributed by atoms with Crippen molar-refractivity contribution < 1.29 is 14.6 Å². The lowest BCUT2D eigenvalue weighted by molar-refractivity contribution is -0.279. The lowest BCUT2D eigenvalue weighted by atomic mass is 10.1. The van der Waals surface area contributed by atoms with Gasteiger partial charge in [-0.25, -0.2) is 9.78 Å². The molecule has 0 saturated carbocycles. The topological polar surface area (TPSA) is 38.8 Å². The van der Waals surface area contributed by atoms with Crippen molar-refractivity contribution in [3.05, 3.63) is 35.4 Å². The summed E-state index contributed by atoms with van der Waals surface area (Å²) in [7, 11) is 1.47. The zero-order chi connectivity index (χ0) is 17.1. The van der Waals surface area contributed by atoms with Crippen molar-refractivity contribution in [2.75, 3.05) is 13.7 Å². The van der Waals surface area contributed by atoms with Crippen LogP contribution in [0.3, 0.4) is 0 Å². The predicted octanol–water partition coefficient (Wildman–Crippen LogP) is 3.97. The van der Waals surface area contributed by atoms with Crippen LogP contribution in [0.4, 0.5) is 0 Å². The van der Waals surface area contributed by atoms with Gasteiger partial charge >= 0.3 is 0 Å². The van der Waals surface area contributed by atoms with Gasteiger partial charge in [0, 0.05) is 12.5 Å². The Kier molecular flexibility index (Phi) is 10.5. The number of amides is 1. The van der Waals surface area contributed by atoms with Crippen molar-refractivity contribution in [2.24, 2.45) is 5.92 Å². The highest BCUT2D eigenvalue weighted by atomic mass is 17.2. The zero-order valence-electron chi connectivity index (χ0n) is 15.1. The number of rotatable bonds is 7. The number of nitrogens with zero attached hydrogens (tertiary/aromatic N) is 1. The molecule has 1 aromatic carbocycles. The molecule has 0 aromatic heterocycles. The molecule has 1 rings (SSSR count). The molecule has 1 atom stereocenters. The third-order valence-electron chi connectivity index (χ3n) is 3.17. The van der Waals surface area contributed by atoms with E-state index in [1.165, 1.54) is 12.7 Å². The van der Waals surface area contributed by atoms with Gasteiger partial charge in [0.25, 0.3) is 0 Å². The fraction of sp³-hybridized carbons (Fsp3) is 0.611. The fourth-order valence-corrected chi connectivity index (χ4v) is 2.05. The number of hydrogen-bond acceptors (Lipinski definition) is 3. The average Bonchev–Trinajstić information content (AvgIpc) is 2.51. The van der Waals surface area contributed by atoms with Gasteiger partial charge in [0.1, 0.15) is 6.61 Å². The van der Waals surface area contributed by atoms with Crippen LogP contribution in [0, 0.1) is 12.8 Å². The average molecular weight is 309 g/mol. The van der Waals surface area contributed by atoms with E-state index in [0.29, 0.717) is 13.2 Å². The Morgan fingerprint density at radius 2 is 1.86 bits per heavy atom. The summed E-state index contributed by atoms with van der Waals surface area (Å²) in [5.41, 5.74) is 2.32. The first-order valence-electron chi connectivity index (χ1n) is 7.97. The Morgan fingerprint density at radius 3 is 2.36 bits per heavy atom. The van der Waals surface area contributed by atoms with Crippen LogP contribution in [-0.2, 0) is 21.1 Å². The first kappa shape index (κ1) is 20.6. The van der Waals surface area contributed by atoms with Gasteiger partial charge in [0.15, 0.2) is 0 Å². The monoisotopic (exact) mass is 309 g/mol. The molecule has 1 amide bonds. The Morgan fingerprint density at radius 1 is 1.23 bits per heavy atom. The summed E-state index contributed by atoms with van der Waals surface area (Å²) in [5.74, 6) is 0.0866. The molecule has 0 radical (unpaired) electrons. The minimum Gasteiger partial charge on any atom is -0.333 e. The quantitative estimate of drug-likeness (QED) is 0.565. The van der Waals surface area contributed by atoms with Crippen molar-refractivity contribution in [1.29, 1.82) is 0 Å². The molecule has 1 unspecified atom stereocenters. The van der Waals surface area contributed by atoms with Crippen LogP contribution in [0.1, 0.15) is 45.7 Å². The second-order valence-corrected chi connectivity index (χ2v) is 5.41. The second kappa shape index (κ2) is 11.2. The van der Waals surface area contributed by atoms with Crippen molar-refractivity contribution in [2.45, 2.75) is 54.1 Å². The molecule has 0 saturated heterocycles. The van der Waals surface area contributed by atoms with Gasteiger partial charge in [-0.2, -0.15) is 0 Å². The largest absolute Gasteiger partial charge is 0.333 e. The molecule has 0 N–H and O–H groups in total. The molecule has 1 aromatic rings. The highest BCUT2D eigenvalue weighted by molar-refractivity contribution is 5.78. The smallest absolute Gasteiger partial charge is 0.225 e. The summed E-state index contributed by atoms with van der Waals surface area (Å²) in [6.07, 6.45) is 0. The van der Waals surface area contributed by atoms with Crippen LogP contribution in [-0.4, -0.2) is 30.6 Å². The SMILES string of the molecule is CC.COOCC(C)N(Cc1cccc(C)c1)C(=O)C(C)C. The summed E-state index contributed by atoms with van der Waals surface area (Å²) < 4.78 is 0.